The highest BCUT2D eigenvalue weighted by atomic mass is 35.5. The zero-order valence-electron chi connectivity index (χ0n) is 10.0. The molecule has 1 atom stereocenters. The van der Waals surface area contributed by atoms with Crippen molar-refractivity contribution in [2.75, 3.05) is 0 Å². The number of esters is 1. The van der Waals surface area contributed by atoms with Crippen LogP contribution in [0.5, 0.6) is 5.75 Å². The molecule has 1 aromatic rings. The molecule has 4 heteroatoms. The second-order valence-corrected chi connectivity index (χ2v) is 6.28. The minimum absolute atomic E-state index is 0.365. The third-order valence-corrected chi connectivity index (χ3v) is 4.57. The normalized spacial score (nSPS) is 25.5. The summed E-state index contributed by atoms with van der Waals surface area (Å²) in [6, 6.07) is 5.60. The highest BCUT2D eigenvalue weighted by molar-refractivity contribution is 6.53. The van der Waals surface area contributed by atoms with Gasteiger partial charge in [-0.05, 0) is 38.0 Å². The van der Waals surface area contributed by atoms with Crippen LogP contribution in [-0.2, 0) is 4.79 Å². The first kappa shape index (κ1) is 12.7. The lowest BCUT2D eigenvalue weighted by Gasteiger charge is -2.13. The molecule has 1 aromatic carbocycles. The average Bonchev–Trinajstić information content (AvgIpc) is 2.75. The van der Waals surface area contributed by atoms with Gasteiger partial charge in [0.15, 0.2) is 0 Å². The number of benzene rings is 1. The van der Waals surface area contributed by atoms with Crippen LogP contribution >= 0.6 is 23.2 Å². The van der Waals surface area contributed by atoms with Crippen molar-refractivity contribution in [3.05, 3.63) is 29.3 Å². The Balaban J connectivity index is 2.18. The molecule has 0 amide bonds. The van der Waals surface area contributed by atoms with Gasteiger partial charge in [-0.1, -0.05) is 12.1 Å². The van der Waals surface area contributed by atoms with Gasteiger partial charge in [-0.25, -0.2) is 0 Å². The Bertz CT molecular complexity index is 482. The van der Waals surface area contributed by atoms with Crippen LogP contribution in [0, 0.1) is 19.3 Å². The average molecular weight is 273 g/mol. The van der Waals surface area contributed by atoms with Gasteiger partial charge in [0.2, 0.25) is 0 Å². The van der Waals surface area contributed by atoms with Crippen molar-refractivity contribution in [2.45, 2.75) is 31.5 Å². The first-order valence-corrected chi connectivity index (χ1v) is 6.20. The highest BCUT2D eigenvalue weighted by Crippen LogP contribution is 2.64. The van der Waals surface area contributed by atoms with E-state index in [1.807, 2.05) is 26.0 Å². The molecule has 2 nitrogen and oxygen atoms in total. The standard InChI is InChI=1S/C13H14Cl2O2/c1-8-5-4-6-10(9(8)2)17-11(16)12(3)7-13(12,14)15/h4-6H,7H2,1-3H3. The summed E-state index contributed by atoms with van der Waals surface area (Å²) in [5.74, 6) is 0.212. The predicted molar refractivity (Wildman–Crippen MR) is 68.7 cm³/mol. The van der Waals surface area contributed by atoms with Gasteiger partial charge in [-0.15, -0.1) is 23.2 Å². The number of alkyl halides is 2. The molecule has 0 aliphatic heterocycles. The molecule has 1 aliphatic carbocycles. The Morgan fingerprint density at radius 2 is 1.94 bits per heavy atom. The number of rotatable bonds is 2. The van der Waals surface area contributed by atoms with Gasteiger partial charge >= 0.3 is 5.97 Å². The maximum atomic E-state index is 12.0. The minimum atomic E-state index is -0.984. The van der Waals surface area contributed by atoms with Crippen molar-refractivity contribution < 1.29 is 9.53 Å². The van der Waals surface area contributed by atoms with Crippen molar-refractivity contribution in [3.8, 4) is 5.75 Å². The van der Waals surface area contributed by atoms with Gasteiger partial charge in [-0.3, -0.25) is 4.79 Å². The lowest BCUT2D eigenvalue weighted by atomic mass is 10.1. The van der Waals surface area contributed by atoms with Gasteiger partial charge < -0.3 is 4.74 Å². The fourth-order valence-electron chi connectivity index (χ4n) is 1.67. The number of halogens is 2. The molecule has 0 saturated heterocycles. The van der Waals surface area contributed by atoms with Gasteiger partial charge in [0.1, 0.15) is 15.5 Å². The molecule has 2 rings (SSSR count). The van der Waals surface area contributed by atoms with Crippen molar-refractivity contribution in [1.82, 2.24) is 0 Å². The van der Waals surface area contributed by atoms with Crippen LogP contribution < -0.4 is 4.74 Å². The maximum Gasteiger partial charge on any atom is 0.320 e. The predicted octanol–water partition coefficient (Wildman–Crippen LogP) is 3.79. The summed E-state index contributed by atoms with van der Waals surface area (Å²) in [7, 11) is 0. The number of ether oxygens (including phenoxy) is 1. The molecule has 1 unspecified atom stereocenters. The van der Waals surface area contributed by atoms with Gasteiger partial charge in [0.25, 0.3) is 0 Å². The van der Waals surface area contributed by atoms with Crippen molar-refractivity contribution >= 4 is 29.2 Å². The second kappa shape index (κ2) is 3.89. The molecule has 0 bridgehead atoms. The first-order valence-electron chi connectivity index (χ1n) is 5.44. The van der Waals surface area contributed by atoms with Crippen LogP contribution in [0.25, 0.3) is 0 Å². The highest BCUT2D eigenvalue weighted by Gasteiger charge is 2.69. The molecule has 0 spiro atoms. The maximum absolute atomic E-state index is 12.0. The summed E-state index contributed by atoms with van der Waals surface area (Å²) in [5.41, 5.74) is 1.26. The summed E-state index contributed by atoms with van der Waals surface area (Å²) in [6.45, 7) is 5.61. The van der Waals surface area contributed by atoms with E-state index >= 15 is 0 Å². The quantitative estimate of drug-likeness (QED) is 0.465. The summed E-state index contributed by atoms with van der Waals surface area (Å²) in [4.78, 5) is 12.0. The Kier molecular flexibility index (Phi) is 2.91. The van der Waals surface area contributed by atoms with Gasteiger partial charge in [0, 0.05) is 6.42 Å². The first-order chi connectivity index (χ1) is 7.78. The van der Waals surface area contributed by atoms with E-state index in [0.717, 1.165) is 11.1 Å². The van der Waals surface area contributed by atoms with Crippen LogP contribution in [0.2, 0.25) is 0 Å². The molecule has 0 heterocycles. The lowest BCUT2D eigenvalue weighted by Crippen LogP contribution is -2.24. The van der Waals surface area contributed by atoms with Gasteiger partial charge in [-0.2, -0.15) is 0 Å². The van der Waals surface area contributed by atoms with Crippen LogP contribution in [0.3, 0.4) is 0 Å². The van der Waals surface area contributed by atoms with E-state index in [1.54, 1.807) is 13.0 Å². The monoisotopic (exact) mass is 272 g/mol. The summed E-state index contributed by atoms with van der Waals surface area (Å²) in [5, 5.41) is 0. The van der Waals surface area contributed by atoms with E-state index in [1.165, 1.54) is 0 Å². The van der Waals surface area contributed by atoms with Crippen LogP contribution in [0.1, 0.15) is 24.5 Å². The molecular weight excluding hydrogens is 259 g/mol. The number of carbonyl (C=O) groups excluding carboxylic acids is 1. The molecular formula is C13H14Cl2O2. The number of carbonyl (C=O) groups is 1. The number of hydrogen-bond acceptors (Lipinski definition) is 2. The van der Waals surface area contributed by atoms with E-state index in [2.05, 4.69) is 0 Å². The largest absolute Gasteiger partial charge is 0.426 e. The third kappa shape index (κ3) is 2.04. The molecule has 0 radical (unpaired) electrons. The zero-order valence-corrected chi connectivity index (χ0v) is 11.5. The molecule has 17 heavy (non-hydrogen) atoms. The summed E-state index contributed by atoms with van der Waals surface area (Å²) >= 11 is 11.9. The number of hydrogen-bond donors (Lipinski definition) is 0. The molecule has 0 aromatic heterocycles. The topological polar surface area (TPSA) is 26.3 Å². The van der Waals surface area contributed by atoms with Crippen LogP contribution in [0.15, 0.2) is 18.2 Å². The Hall–Kier alpha value is -0.730. The second-order valence-electron chi connectivity index (χ2n) is 4.80. The van der Waals surface area contributed by atoms with E-state index in [9.17, 15) is 4.79 Å². The number of aryl methyl sites for hydroxylation is 1. The molecule has 1 fully saturated rings. The fraction of sp³-hybridized carbons (Fsp3) is 0.462. The molecule has 92 valence electrons. The smallest absolute Gasteiger partial charge is 0.320 e. The molecule has 0 N–H and O–H groups in total. The summed E-state index contributed by atoms with van der Waals surface area (Å²) in [6.07, 6.45) is 0.437. The Labute approximate surface area is 111 Å². The lowest BCUT2D eigenvalue weighted by molar-refractivity contribution is -0.139. The third-order valence-electron chi connectivity index (χ3n) is 3.47. The van der Waals surface area contributed by atoms with E-state index in [0.29, 0.717) is 12.2 Å². The fourth-order valence-corrected chi connectivity index (χ4v) is 2.36. The van der Waals surface area contributed by atoms with Crippen molar-refractivity contribution in [3.63, 3.8) is 0 Å². The Morgan fingerprint density at radius 3 is 2.47 bits per heavy atom. The minimum Gasteiger partial charge on any atom is -0.426 e. The van der Waals surface area contributed by atoms with Gasteiger partial charge in [0.05, 0.1) is 0 Å². The van der Waals surface area contributed by atoms with E-state index < -0.39 is 9.75 Å². The summed E-state index contributed by atoms with van der Waals surface area (Å²) < 4.78 is 4.40. The zero-order chi connectivity index (χ0) is 12.8. The van der Waals surface area contributed by atoms with Crippen LogP contribution in [0.4, 0.5) is 0 Å². The van der Waals surface area contributed by atoms with E-state index in [4.69, 9.17) is 27.9 Å². The van der Waals surface area contributed by atoms with Crippen molar-refractivity contribution in [2.24, 2.45) is 5.41 Å². The Morgan fingerprint density at radius 1 is 1.35 bits per heavy atom. The van der Waals surface area contributed by atoms with Crippen molar-refractivity contribution in [1.29, 1.82) is 0 Å². The van der Waals surface area contributed by atoms with E-state index in [-0.39, 0.29) is 5.97 Å². The van der Waals surface area contributed by atoms with Crippen LogP contribution in [-0.4, -0.2) is 10.3 Å². The SMILES string of the molecule is Cc1cccc(OC(=O)C2(C)CC2(Cl)Cl)c1C. The molecule has 1 saturated carbocycles. The molecule has 1 aliphatic rings.